The Hall–Kier alpha value is -2.70. The predicted octanol–water partition coefficient (Wildman–Crippen LogP) is 1.99. The number of nitrogens with two attached hydrogens (primary N) is 1. The maximum atomic E-state index is 11.1. The SMILES string of the molecule is CN(C)c1ccc(N=Nc2nc[nH]c2C(N)=O)cc1. The van der Waals surface area contributed by atoms with Crippen molar-refractivity contribution in [2.24, 2.45) is 16.0 Å². The fraction of sp³-hybridized carbons (Fsp3) is 0.167. The van der Waals surface area contributed by atoms with Gasteiger partial charge in [-0.25, -0.2) is 4.98 Å². The molecule has 1 amide bonds. The van der Waals surface area contributed by atoms with Crippen LogP contribution in [0.4, 0.5) is 17.2 Å². The molecule has 2 rings (SSSR count). The molecule has 0 aliphatic rings. The molecule has 0 aliphatic carbocycles. The van der Waals surface area contributed by atoms with Crippen molar-refractivity contribution >= 4 is 23.1 Å². The molecule has 0 spiro atoms. The van der Waals surface area contributed by atoms with Crippen molar-refractivity contribution in [1.82, 2.24) is 9.97 Å². The molecule has 0 atom stereocenters. The summed E-state index contributed by atoms with van der Waals surface area (Å²) in [5.41, 5.74) is 7.05. The van der Waals surface area contributed by atoms with Crippen LogP contribution in [0.5, 0.6) is 0 Å². The van der Waals surface area contributed by atoms with Crippen LogP contribution >= 0.6 is 0 Å². The van der Waals surface area contributed by atoms with Gasteiger partial charge in [-0.05, 0) is 24.3 Å². The topological polar surface area (TPSA) is 99.7 Å². The van der Waals surface area contributed by atoms with E-state index in [-0.39, 0.29) is 11.5 Å². The number of hydrogen-bond acceptors (Lipinski definition) is 5. The summed E-state index contributed by atoms with van der Waals surface area (Å²) in [6.45, 7) is 0. The van der Waals surface area contributed by atoms with E-state index in [1.807, 2.05) is 43.3 Å². The number of rotatable bonds is 4. The number of benzene rings is 1. The molecule has 7 nitrogen and oxygen atoms in total. The number of carbonyl (C=O) groups excluding carboxylic acids is 1. The highest BCUT2D eigenvalue weighted by molar-refractivity contribution is 5.94. The van der Waals surface area contributed by atoms with E-state index in [4.69, 9.17) is 5.73 Å². The van der Waals surface area contributed by atoms with Gasteiger partial charge in [0.15, 0.2) is 5.69 Å². The van der Waals surface area contributed by atoms with Crippen molar-refractivity contribution in [1.29, 1.82) is 0 Å². The zero-order valence-electron chi connectivity index (χ0n) is 10.7. The van der Waals surface area contributed by atoms with Crippen molar-refractivity contribution in [3.8, 4) is 0 Å². The molecule has 0 saturated carbocycles. The highest BCUT2D eigenvalue weighted by Gasteiger charge is 2.09. The predicted molar refractivity (Wildman–Crippen MR) is 72.1 cm³/mol. The van der Waals surface area contributed by atoms with Gasteiger partial charge < -0.3 is 15.6 Å². The molecule has 0 bridgehead atoms. The van der Waals surface area contributed by atoms with Gasteiger partial charge in [0, 0.05) is 19.8 Å². The number of amides is 1. The van der Waals surface area contributed by atoms with Crippen LogP contribution < -0.4 is 10.6 Å². The van der Waals surface area contributed by atoms with E-state index in [0.717, 1.165) is 5.69 Å². The number of aromatic amines is 1. The van der Waals surface area contributed by atoms with E-state index in [1.54, 1.807) is 0 Å². The van der Waals surface area contributed by atoms with Crippen molar-refractivity contribution in [3.63, 3.8) is 0 Å². The summed E-state index contributed by atoms with van der Waals surface area (Å²) in [4.78, 5) is 19.5. The van der Waals surface area contributed by atoms with Crippen LogP contribution in [0.15, 0.2) is 40.8 Å². The van der Waals surface area contributed by atoms with Gasteiger partial charge in [-0.15, -0.1) is 10.2 Å². The molecule has 1 aromatic carbocycles. The first-order valence-electron chi connectivity index (χ1n) is 5.60. The second-order valence-corrected chi connectivity index (χ2v) is 4.08. The first-order chi connectivity index (χ1) is 9.08. The number of imidazole rings is 1. The average molecular weight is 258 g/mol. The molecule has 98 valence electrons. The Morgan fingerprint density at radius 3 is 2.53 bits per heavy atom. The van der Waals surface area contributed by atoms with Crippen LogP contribution in [0.1, 0.15) is 10.5 Å². The van der Waals surface area contributed by atoms with Gasteiger partial charge in [0.25, 0.3) is 5.91 Å². The molecule has 19 heavy (non-hydrogen) atoms. The number of hydrogen-bond donors (Lipinski definition) is 2. The second-order valence-electron chi connectivity index (χ2n) is 4.08. The quantitative estimate of drug-likeness (QED) is 0.820. The van der Waals surface area contributed by atoms with Crippen LogP contribution in [0.25, 0.3) is 0 Å². The number of nitrogens with one attached hydrogen (secondary N) is 1. The lowest BCUT2D eigenvalue weighted by Crippen LogP contribution is -2.11. The molecule has 2 aromatic rings. The largest absolute Gasteiger partial charge is 0.378 e. The number of carbonyl (C=O) groups is 1. The van der Waals surface area contributed by atoms with Gasteiger partial charge in [0.2, 0.25) is 5.82 Å². The highest BCUT2D eigenvalue weighted by atomic mass is 16.1. The molecule has 0 radical (unpaired) electrons. The van der Waals surface area contributed by atoms with Gasteiger partial charge in [0.1, 0.15) is 0 Å². The smallest absolute Gasteiger partial charge is 0.269 e. The lowest BCUT2D eigenvalue weighted by atomic mass is 10.3. The summed E-state index contributed by atoms with van der Waals surface area (Å²) in [6, 6.07) is 7.51. The van der Waals surface area contributed by atoms with Crippen LogP contribution in [0.2, 0.25) is 0 Å². The van der Waals surface area contributed by atoms with Gasteiger partial charge in [0.05, 0.1) is 12.0 Å². The zero-order chi connectivity index (χ0) is 13.8. The first-order valence-corrected chi connectivity index (χ1v) is 5.60. The Kier molecular flexibility index (Phi) is 3.56. The van der Waals surface area contributed by atoms with Crippen molar-refractivity contribution in [3.05, 3.63) is 36.3 Å². The Morgan fingerprint density at radius 2 is 1.95 bits per heavy atom. The molecule has 0 fully saturated rings. The first kappa shape index (κ1) is 12.7. The van der Waals surface area contributed by atoms with E-state index >= 15 is 0 Å². The van der Waals surface area contributed by atoms with Crippen LogP contribution in [0, 0.1) is 0 Å². The number of aromatic nitrogens is 2. The second kappa shape index (κ2) is 5.30. The summed E-state index contributed by atoms with van der Waals surface area (Å²) in [5.74, 6) is -0.432. The minimum absolute atomic E-state index is 0.147. The van der Waals surface area contributed by atoms with Crippen molar-refractivity contribution in [2.75, 3.05) is 19.0 Å². The number of H-pyrrole nitrogens is 1. The Balaban J connectivity index is 2.18. The van der Waals surface area contributed by atoms with Gasteiger partial charge in [-0.1, -0.05) is 0 Å². The van der Waals surface area contributed by atoms with Gasteiger partial charge in [-0.2, -0.15) is 0 Å². The third-order valence-corrected chi connectivity index (χ3v) is 2.49. The van der Waals surface area contributed by atoms with Crippen molar-refractivity contribution in [2.45, 2.75) is 0 Å². The maximum Gasteiger partial charge on any atom is 0.269 e. The number of nitrogens with zero attached hydrogens (tertiary/aromatic N) is 4. The van der Waals surface area contributed by atoms with E-state index in [9.17, 15) is 4.79 Å². The molecule has 0 saturated heterocycles. The molecular formula is C12H14N6O. The molecule has 0 aliphatic heterocycles. The highest BCUT2D eigenvalue weighted by Crippen LogP contribution is 2.21. The number of azo groups is 1. The standard InChI is InChI=1S/C12H14N6O/c1-18(2)9-5-3-8(4-6-9)16-17-12-10(11(13)19)14-7-15-12/h3-7H,1-2H3,(H2,13,19)(H,14,15). The number of anilines is 1. The minimum Gasteiger partial charge on any atom is -0.378 e. The summed E-state index contributed by atoms with van der Waals surface area (Å²) in [7, 11) is 3.92. The molecule has 0 unspecified atom stereocenters. The third-order valence-electron chi connectivity index (χ3n) is 2.49. The molecule has 3 N–H and O–H groups in total. The minimum atomic E-state index is -0.616. The lowest BCUT2D eigenvalue weighted by Gasteiger charge is -2.11. The summed E-state index contributed by atoms with van der Waals surface area (Å²) >= 11 is 0. The van der Waals surface area contributed by atoms with Crippen LogP contribution in [-0.4, -0.2) is 30.0 Å². The zero-order valence-corrected chi connectivity index (χ0v) is 10.7. The van der Waals surface area contributed by atoms with Crippen molar-refractivity contribution < 1.29 is 4.79 Å². The van der Waals surface area contributed by atoms with E-state index in [2.05, 4.69) is 20.2 Å². The lowest BCUT2D eigenvalue weighted by molar-refractivity contribution is 0.0996. The van der Waals surface area contributed by atoms with Gasteiger partial charge in [-0.3, -0.25) is 4.79 Å². The molecule has 1 heterocycles. The fourth-order valence-electron chi connectivity index (χ4n) is 1.47. The van der Waals surface area contributed by atoms with Crippen LogP contribution in [-0.2, 0) is 0 Å². The summed E-state index contributed by atoms with van der Waals surface area (Å²) < 4.78 is 0. The molecular weight excluding hydrogens is 244 g/mol. The molecule has 7 heteroatoms. The Bertz CT molecular complexity index is 599. The average Bonchev–Trinajstić information content (AvgIpc) is 2.85. The van der Waals surface area contributed by atoms with E-state index < -0.39 is 5.91 Å². The Morgan fingerprint density at radius 1 is 1.26 bits per heavy atom. The fourth-order valence-corrected chi connectivity index (χ4v) is 1.47. The van der Waals surface area contributed by atoms with E-state index in [1.165, 1.54) is 6.33 Å². The normalized spacial score (nSPS) is 10.8. The Labute approximate surface area is 110 Å². The summed E-state index contributed by atoms with van der Waals surface area (Å²) in [6.07, 6.45) is 1.35. The number of primary amides is 1. The van der Waals surface area contributed by atoms with Gasteiger partial charge >= 0.3 is 0 Å². The summed E-state index contributed by atoms with van der Waals surface area (Å²) in [5, 5.41) is 7.91. The van der Waals surface area contributed by atoms with E-state index in [0.29, 0.717) is 5.69 Å². The third kappa shape index (κ3) is 2.95. The van der Waals surface area contributed by atoms with Crippen LogP contribution in [0.3, 0.4) is 0 Å². The monoisotopic (exact) mass is 258 g/mol. The maximum absolute atomic E-state index is 11.1. The molecule has 1 aromatic heterocycles.